The maximum absolute atomic E-state index is 10.0. The van der Waals surface area contributed by atoms with E-state index in [0.29, 0.717) is 10.9 Å². The van der Waals surface area contributed by atoms with E-state index in [1.807, 2.05) is 68.0 Å². The van der Waals surface area contributed by atoms with E-state index < -0.39 is 48.6 Å². The van der Waals surface area contributed by atoms with Crippen LogP contribution < -0.4 is 22.8 Å². The van der Waals surface area contributed by atoms with Crippen LogP contribution in [0.2, 0.25) is 17.3 Å². The molecule has 1 unspecified atom stereocenters. The van der Waals surface area contributed by atoms with Crippen LogP contribution in [0.1, 0.15) is 142 Å². The number of rotatable bonds is 8. The molecule has 0 amide bonds. The third kappa shape index (κ3) is 16.1. The van der Waals surface area contributed by atoms with E-state index in [1.165, 1.54) is 142 Å². The Kier molecular flexibility index (Phi) is 21.3. The molecule has 1 N–H and O–H groups in total. The van der Waals surface area contributed by atoms with Gasteiger partial charge in [-0.25, -0.2) is 4.57 Å². The Hall–Kier alpha value is -14.9. The minimum absolute atomic E-state index is 0. The smallest absolute Gasteiger partial charge is 0 e. The molecule has 7 aromatic heterocycles. The monoisotopic (exact) mass is 2300 g/mol. The van der Waals surface area contributed by atoms with Gasteiger partial charge in [0.25, 0.3) is 5.65 Å². The van der Waals surface area contributed by atoms with Gasteiger partial charge in [-0.3, -0.25) is 9.78 Å². The molecule has 0 spiro atoms. The second-order valence-corrected chi connectivity index (χ2v) is 49.6. The second kappa shape index (κ2) is 38.1. The van der Waals surface area contributed by atoms with Gasteiger partial charge in [0.2, 0.25) is 5.69 Å². The predicted molar refractivity (Wildman–Crippen MR) is 581 cm³/mol. The van der Waals surface area contributed by atoms with Crippen molar-refractivity contribution in [2.24, 2.45) is 0 Å². The molecule has 12 heterocycles. The predicted octanol–water partition coefficient (Wildman–Crippen LogP) is 28.2. The number of carbonyl (C=O) groups is 1. The number of carbonyl (C=O) groups excluding carboxylic acids is 1. The van der Waals surface area contributed by atoms with Gasteiger partial charge in [-0.2, -0.15) is 8.97 Å². The summed E-state index contributed by atoms with van der Waals surface area (Å²) in [5, 5.41) is 16.3. The van der Waals surface area contributed by atoms with Crippen molar-refractivity contribution < 1.29 is 82.4 Å². The zero-order chi connectivity index (χ0) is 108. The van der Waals surface area contributed by atoms with Crippen LogP contribution in [0.25, 0.3) is 127 Å². The Morgan fingerprint density at radius 2 is 1.15 bits per heavy atom. The molecule has 0 bridgehead atoms. The van der Waals surface area contributed by atoms with E-state index in [9.17, 15) is 6.17 Å². The van der Waals surface area contributed by atoms with Crippen LogP contribution in [0, 0.1) is 45.8 Å². The number of benzene rings is 15. The van der Waals surface area contributed by atoms with Gasteiger partial charge in [0, 0.05) is 104 Å². The van der Waals surface area contributed by atoms with Gasteiger partial charge in [-0.05, 0) is 149 Å². The first-order valence-electron chi connectivity index (χ1n) is 54.5. The standard InChI is InChI=1S/C49H33N3.C25H21N2.C19H16N.C17H11N2.C15H18GeN.C5H8O2.Ir.Pt/c1-48(36-16-5-2-6-17-36)39-28-26-34(43-24-11-13-30-50-43)32-45(39)52-46-33-35(44-25-12-14-31-51-44)27-29-40(46)49(37-18-7-3-8-19-37,38-20-9-4-10-21-38)42-23-15-22-41(48)47(42)52;1-15-10-11-21-20(12-15)19-9-5-8-18-13-26-14-22(27(21)25(26)24(18)19)23-16(2)6-4-7-17(23)3;1-19(2)14-7-3-5-12-9-10-20-11-13-6-4-8-15(19)17(13)18(20)16(12)14;1-11-10-18-16-14-8-4-2-6-12(14)13-7-3-5-9-15(13)17(16)19-11;1-16(2,3)13-8-9-15-14-7-5-4-6-12(14)10-17(15)11-13;1-4(6)3-5(2)7;;/h2-31H,1H3;4-12,14H,13H2,1-3H3;3-10H,11H2,1-2H3;2-7,9-10H,1H3;4-9,11H,10H2,1-3H3;3,6H,1-2H3;;/q-2;2*+1;-1;+1;;;+2/i;2D3,4D,5D,6D,7D,8D,9D,10D,11D,12D,14D;;;;;;. The Bertz CT molecular complexity index is 9630. The van der Waals surface area contributed by atoms with Crippen molar-refractivity contribution in [2.45, 2.75) is 115 Å². The van der Waals surface area contributed by atoms with Crippen molar-refractivity contribution in [3.8, 4) is 56.3 Å². The van der Waals surface area contributed by atoms with E-state index in [4.69, 9.17) is 31.5 Å². The van der Waals surface area contributed by atoms with Crippen molar-refractivity contribution in [3.05, 3.63) is 502 Å². The molecule has 22 aromatic rings. The Balaban J connectivity index is 0.000000119. The first kappa shape index (κ1) is 80.6. The summed E-state index contributed by atoms with van der Waals surface area (Å²) in [7, 11) is 0. The van der Waals surface area contributed by atoms with E-state index >= 15 is 0 Å². The van der Waals surface area contributed by atoms with Crippen LogP contribution in [0.4, 0.5) is 17.1 Å². The Morgan fingerprint density at radius 1 is 0.528 bits per heavy atom. The summed E-state index contributed by atoms with van der Waals surface area (Å²) >= 11 is -1.70. The first-order chi connectivity index (χ1) is 74.4. The molecule has 0 fully saturated rings. The third-order valence-corrected chi connectivity index (χ3v) is 33.0. The van der Waals surface area contributed by atoms with Crippen molar-refractivity contribution in [2.75, 3.05) is 4.90 Å². The summed E-state index contributed by atoms with van der Waals surface area (Å²) in [4.78, 5) is 31.2. The molecule has 0 saturated carbocycles. The molecule has 15 aromatic carbocycles. The molecule has 11 nitrogen and oxygen atoms in total. The maximum Gasteiger partial charge on any atom is 2.00 e. The largest absolute Gasteiger partial charge is 2.00 e. The summed E-state index contributed by atoms with van der Waals surface area (Å²) in [5.41, 5.74) is 28.5. The number of aryl methyl sites for hydroxylation is 1. The number of imidazole rings is 1. The molecule has 0 saturated heterocycles. The molecule has 1 radical (unpaired) electrons. The molecule has 5 aliphatic heterocycles. The van der Waals surface area contributed by atoms with Gasteiger partial charge in [-0.1, -0.05) is 285 Å². The topological polar surface area (TPSA) is 109 Å². The molecule has 28 rings (SSSR count). The fourth-order valence-electron chi connectivity index (χ4n) is 22.3. The fraction of sp³-hybridized carbons (Fsp3) is 0.138. The summed E-state index contributed by atoms with van der Waals surface area (Å²) in [6.45, 7) is 13.9. The van der Waals surface area contributed by atoms with Gasteiger partial charge in [0.1, 0.15) is 19.6 Å². The van der Waals surface area contributed by atoms with Gasteiger partial charge in [-0.15, -0.1) is 77.2 Å². The second-order valence-electron chi connectivity index (χ2n) is 39.0. The number of hydrogen-bond donors (Lipinski definition) is 1. The van der Waals surface area contributed by atoms with Crippen LogP contribution in [0.5, 0.6) is 0 Å². The SMILES string of the molecule is CC(=O)C=C(C)O.CC1(C)c2cccc3c2-c2c4c1cccc4cc[n+]2C3.CC1(c2ccccc2)c2ccc(-c3ccccn3)[c-]c2N2c3[c-]c(-c4ccccn4)ccc3C(c3ccccc3)(c3ccccc3)c3cccc1c32.Cc1cnc2c3[c-]cccc3c3ccccc3c2n1.[2H]c1c([2H])c(C)c(-c2c([2H])n3c4c5c(c([2H])c([2H])c([2H])c5c5c([2H])c(C)c([2H])c([2H])c5[n+]24)C3)c(C([2H])([2H])[2H])c1[2H].[CH3][Ge]([CH3])([CH3])[c]1ccc2[n+](c1)Cc1ccccc1-2.[Ir].[Pt+2]. The van der Waals surface area contributed by atoms with Crippen LogP contribution in [-0.2, 0) is 81.8 Å². The van der Waals surface area contributed by atoms with E-state index in [-0.39, 0.29) is 157 Å². The molecule has 6 aliphatic rings. The van der Waals surface area contributed by atoms with Gasteiger partial charge in [0.15, 0.2) is 24.2 Å². The number of aromatic nitrogens is 8. The molecule has 705 valence electrons. The number of pyridine rings is 5. The number of anilines is 3. The number of allylic oxidation sites excluding steroid dienone is 2. The molecule has 144 heavy (non-hydrogen) atoms. The molecule has 14 heteroatoms. The zero-order valence-electron chi connectivity index (χ0n) is 94.3. The number of nitrogens with zero attached hydrogens (tertiary/aromatic N) is 9. The summed E-state index contributed by atoms with van der Waals surface area (Å²) < 4.78 is 120. The first-order valence-corrected chi connectivity index (χ1v) is 55.4. The van der Waals surface area contributed by atoms with Crippen molar-refractivity contribution >= 4 is 111 Å². The van der Waals surface area contributed by atoms with Crippen LogP contribution >= 0.6 is 0 Å². The number of hydrogen-bond acceptors (Lipinski definition) is 7. The van der Waals surface area contributed by atoms with E-state index in [1.54, 1.807) is 4.40 Å². The van der Waals surface area contributed by atoms with Crippen molar-refractivity contribution in [3.63, 3.8) is 0 Å². The molecular weight excluding hydrogens is 2180 g/mol. The quantitative estimate of drug-likeness (QED) is 0.0403. The Labute approximate surface area is 890 Å². The molecular formula is C130H107GeIrN9O2Pt+2. The average molecular weight is 2300 g/mol. The van der Waals surface area contributed by atoms with Gasteiger partial charge in [0.05, 0.1) is 51.3 Å². The molecule has 1 aliphatic carbocycles. The Morgan fingerprint density at radius 3 is 1.84 bits per heavy atom. The normalized spacial score (nSPS) is 15.6. The third-order valence-electron chi connectivity index (χ3n) is 28.7. The number of aliphatic hydroxyl groups is 1. The maximum atomic E-state index is 10.0. The van der Waals surface area contributed by atoms with Crippen molar-refractivity contribution in [1.82, 2.24) is 24.5 Å². The fourth-order valence-corrected chi connectivity index (χ4v) is 24.6. The zero-order valence-corrected chi connectivity index (χ0v) is 88.1. The number of para-hydroxylation sites is 1. The number of ketones is 1. The summed E-state index contributed by atoms with van der Waals surface area (Å²) in [5.74, 6) is 7.28. The molecule has 1 atom stereocenters. The van der Waals surface area contributed by atoms with Crippen LogP contribution in [0.3, 0.4) is 0 Å². The van der Waals surface area contributed by atoms with Gasteiger partial charge < -0.3 is 25.0 Å². The number of fused-ring (bicyclic) bond motifs is 16. The minimum atomic E-state index is -2.91. The van der Waals surface area contributed by atoms with Crippen LogP contribution in [-0.4, -0.2) is 48.7 Å². The van der Waals surface area contributed by atoms with Crippen molar-refractivity contribution in [1.29, 1.82) is 0 Å². The summed E-state index contributed by atoms with van der Waals surface area (Å²) in [6, 6.07) is 112. The van der Waals surface area contributed by atoms with E-state index in [2.05, 4.69) is 341 Å². The van der Waals surface area contributed by atoms with E-state index in [0.717, 1.165) is 85.7 Å². The minimum Gasteiger partial charge on any atom is 0 e. The summed E-state index contributed by atoms with van der Waals surface area (Å²) in [6.07, 6.45) is 11.0. The van der Waals surface area contributed by atoms with Crippen LogP contribution in [0.15, 0.2) is 395 Å². The van der Waals surface area contributed by atoms with Gasteiger partial charge >= 0.3 is 127 Å². The number of aliphatic hydroxyl groups excluding tert-OH is 1. The average Bonchev–Trinajstić information content (AvgIpc) is 1.65.